The first kappa shape index (κ1) is 10.8. The molecule has 1 nitrogen and oxygen atoms in total. The lowest BCUT2D eigenvalue weighted by atomic mass is 9.76. The van der Waals surface area contributed by atoms with E-state index < -0.39 is 0 Å². The molecule has 76 valence electrons. The van der Waals surface area contributed by atoms with Crippen molar-refractivity contribution >= 4 is 0 Å². The minimum Gasteiger partial charge on any atom is -0.393 e. The minimum atomic E-state index is -0.0293. The Labute approximate surface area is 81.9 Å². The fourth-order valence-corrected chi connectivity index (χ4v) is 2.26. The van der Waals surface area contributed by atoms with Crippen LogP contribution < -0.4 is 0 Å². The Hall–Kier alpha value is -0.300. The average molecular weight is 182 g/mol. The van der Waals surface area contributed by atoms with E-state index in [-0.39, 0.29) is 6.10 Å². The van der Waals surface area contributed by atoms with Crippen molar-refractivity contribution in [3.05, 3.63) is 12.2 Å². The van der Waals surface area contributed by atoms with Crippen molar-refractivity contribution in [2.24, 2.45) is 11.8 Å². The molecule has 0 heterocycles. The van der Waals surface area contributed by atoms with E-state index in [2.05, 4.69) is 20.4 Å². The van der Waals surface area contributed by atoms with Gasteiger partial charge in [0.2, 0.25) is 0 Å². The molecule has 0 amide bonds. The number of hydrogen-bond acceptors (Lipinski definition) is 1. The Bertz CT molecular complexity index is 166. The summed E-state index contributed by atoms with van der Waals surface area (Å²) < 4.78 is 0. The van der Waals surface area contributed by atoms with E-state index in [1.54, 1.807) is 0 Å². The van der Waals surface area contributed by atoms with E-state index in [1.165, 1.54) is 18.4 Å². The number of allylic oxidation sites excluding steroid dienone is 1. The van der Waals surface area contributed by atoms with E-state index >= 15 is 0 Å². The maximum atomic E-state index is 9.38. The van der Waals surface area contributed by atoms with Gasteiger partial charge < -0.3 is 5.11 Å². The Morgan fingerprint density at radius 1 is 1.38 bits per heavy atom. The molecule has 0 aromatic carbocycles. The highest BCUT2D eigenvalue weighted by atomic mass is 16.3. The first-order chi connectivity index (χ1) is 6.15. The highest BCUT2D eigenvalue weighted by Gasteiger charge is 2.24. The zero-order valence-electron chi connectivity index (χ0n) is 8.92. The smallest absolute Gasteiger partial charge is 0.0540 e. The molecule has 0 aliphatic heterocycles. The third kappa shape index (κ3) is 2.84. The van der Waals surface area contributed by atoms with Gasteiger partial charge in [0.05, 0.1) is 6.10 Å². The Morgan fingerprint density at radius 3 is 2.38 bits per heavy atom. The molecular formula is C12H22O. The molecule has 1 aliphatic rings. The van der Waals surface area contributed by atoms with Crippen molar-refractivity contribution in [2.45, 2.75) is 52.1 Å². The van der Waals surface area contributed by atoms with Gasteiger partial charge in [-0.1, -0.05) is 26.0 Å². The van der Waals surface area contributed by atoms with Gasteiger partial charge in [0.1, 0.15) is 0 Å². The van der Waals surface area contributed by atoms with Crippen LogP contribution in [0.2, 0.25) is 0 Å². The summed E-state index contributed by atoms with van der Waals surface area (Å²) in [6, 6.07) is 0. The molecule has 1 unspecified atom stereocenters. The van der Waals surface area contributed by atoms with Gasteiger partial charge in [-0.25, -0.2) is 0 Å². The fourth-order valence-electron chi connectivity index (χ4n) is 2.26. The van der Waals surface area contributed by atoms with Gasteiger partial charge in [-0.05, 0) is 43.9 Å². The quantitative estimate of drug-likeness (QED) is 0.665. The largest absolute Gasteiger partial charge is 0.393 e. The summed E-state index contributed by atoms with van der Waals surface area (Å²) in [5.74, 6) is 1.42. The Morgan fingerprint density at radius 2 is 1.92 bits per heavy atom. The lowest BCUT2D eigenvalue weighted by Gasteiger charge is -2.31. The SMILES string of the molecule is C=C(CC)C(C)C1CCC(O)CC1. The van der Waals surface area contributed by atoms with Crippen LogP contribution in [-0.4, -0.2) is 11.2 Å². The summed E-state index contributed by atoms with van der Waals surface area (Å²) in [7, 11) is 0. The van der Waals surface area contributed by atoms with Crippen molar-refractivity contribution in [3.63, 3.8) is 0 Å². The third-order valence-electron chi connectivity index (χ3n) is 3.55. The van der Waals surface area contributed by atoms with E-state index in [0.29, 0.717) is 5.92 Å². The van der Waals surface area contributed by atoms with E-state index in [4.69, 9.17) is 0 Å². The van der Waals surface area contributed by atoms with Gasteiger partial charge in [0, 0.05) is 0 Å². The van der Waals surface area contributed by atoms with Crippen molar-refractivity contribution in [2.75, 3.05) is 0 Å². The van der Waals surface area contributed by atoms with Crippen molar-refractivity contribution < 1.29 is 5.11 Å². The zero-order chi connectivity index (χ0) is 9.84. The van der Waals surface area contributed by atoms with Gasteiger partial charge in [-0.15, -0.1) is 0 Å². The number of hydrogen-bond donors (Lipinski definition) is 1. The summed E-state index contributed by atoms with van der Waals surface area (Å²) in [5, 5.41) is 9.38. The van der Waals surface area contributed by atoms with Gasteiger partial charge in [-0.2, -0.15) is 0 Å². The van der Waals surface area contributed by atoms with Crippen LogP contribution >= 0.6 is 0 Å². The maximum Gasteiger partial charge on any atom is 0.0540 e. The van der Waals surface area contributed by atoms with Crippen molar-refractivity contribution in [1.82, 2.24) is 0 Å². The summed E-state index contributed by atoms with van der Waals surface area (Å²) >= 11 is 0. The van der Waals surface area contributed by atoms with Crippen LogP contribution in [0.25, 0.3) is 0 Å². The molecule has 1 aliphatic carbocycles. The first-order valence-corrected chi connectivity index (χ1v) is 5.50. The monoisotopic (exact) mass is 182 g/mol. The second-order valence-electron chi connectivity index (χ2n) is 4.37. The van der Waals surface area contributed by atoms with Crippen LogP contribution in [0.1, 0.15) is 46.0 Å². The average Bonchev–Trinajstić information content (AvgIpc) is 2.17. The molecule has 13 heavy (non-hydrogen) atoms. The van der Waals surface area contributed by atoms with E-state index in [1.807, 2.05) is 0 Å². The summed E-state index contributed by atoms with van der Waals surface area (Å²) in [4.78, 5) is 0. The molecule has 0 bridgehead atoms. The molecular weight excluding hydrogens is 160 g/mol. The molecule has 1 saturated carbocycles. The molecule has 0 aromatic rings. The molecule has 0 spiro atoms. The predicted octanol–water partition coefficient (Wildman–Crippen LogP) is 3.14. The molecule has 1 N–H and O–H groups in total. The van der Waals surface area contributed by atoms with Crippen LogP contribution in [0.3, 0.4) is 0 Å². The van der Waals surface area contributed by atoms with Crippen LogP contribution in [-0.2, 0) is 0 Å². The number of aliphatic hydroxyl groups is 1. The van der Waals surface area contributed by atoms with Gasteiger partial charge in [0.15, 0.2) is 0 Å². The molecule has 1 heteroatoms. The molecule has 1 rings (SSSR count). The second-order valence-corrected chi connectivity index (χ2v) is 4.37. The normalized spacial score (nSPS) is 31.3. The topological polar surface area (TPSA) is 20.2 Å². The molecule has 1 fully saturated rings. The van der Waals surface area contributed by atoms with Gasteiger partial charge >= 0.3 is 0 Å². The second kappa shape index (κ2) is 4.80. The number of rotatable bonds is 3. The molecule has 0 radical (unpaired) electrons. The Kier molecular flexibility index (Phi) is 3.98. The highest BCUT2D eigenvalue weighted by molar-refractivity contribution is 5.00. The van der Waals surface area contributed by atoms with Crippen LogP contribution in [0.15, 0.2) is 12.2 Å². The number of aliphatic hydroxyl groups excluding tert-OH is 1. The van der Waals surface area contributed by atoms with E-state index in [0.717, 1.165) is 25.2 Å². The van der Waals surface area contributed by atoms with Crippen LogP contribution in [0, 0.1) is 11.8 Å². The van der Waals surface area contributed by atoms with Gasteiger partial charge in [-0.3, -0.25) is 0 Å². The van der Waals surface area contributed by atoms with Crippen LogP contribution in [0.5, 0.6) is 0 Å². The summed E-state index contributed by atoms with van der Waals surface area (Å²) in [6.45, 7) is 8.57. The van der Waals surface area contributed by atoms with Crippen molar-refractivity contribution in [3.8, 4) is 0 Å². The minimum absolute atomic E-state index is 0.0293. The van der Waals surface area contributed by atoms with Crippen LogP contribution in [0.4, 0.5) is 0 Å². The predicted molar refractivity (Wildman–Crippen MR) is 56.6 cm³/mol. The fraction of sp³-hybridized carbons (Fsp3) is 0.833. The molecule has 0 saturated heterocycles. The third-order valence-corrected chi connectivity index (χ3v) is 3.55. The first-order valence-electron chi connectivity index (χ1n) is 5.50. The highest BCUT2D eigenvalue weighted by Crippen LogP contribution is 2.33. The summed E-state index contributed by atoms with van der Waals surface area (Å²) in [5.41, 5.74) is 1.38. The Balaban J connectivity index is 2.39. The lowest BCUT2D eigenvalue weighted by molar-refractivity contribution is 0.0981. The standard InChI is InChI=1S/C12H22O/c1-4-9(2)10(3)11-5-7-12(13)8-6-11/h10-13H,2,4-8H2,1,3H3. The molecule has 0 aromatic heterocycles. The van der Waals surface area contributed by atoms with Gasteiger partial charge in [0.25, 0.3) is 0 Å². The molecule has 1 atom stereocenters. The van der Waals surface area contributed by atoms with E-state index in [9.17, 15) is 5.11 Å². The zero-order valence-corrected chi connectivity index (χ0v) is 8.92. The summed E-state index contributed by atoms with van der Waals surface area (Å²) in [6.07, 6.45) is 5.42. The van der Waals surface area contributed by atoms with Crippen molar-refractivity contribution in [1.29, 1.82) is 0 Å². The maximum absolute atomic E-state index is 9.38. The lowest BCUT2D eigenvalue weighted by Crippen LogP contribution is -2.23.